The third-order valence-electron chi connectivity index (χ3n) is 2.13. The Morgan fingerprint density at radius 3 is 2.88 bits per heavy atom. The van der Waals surface area contributed by atoms with Gasteiger partial charge in [-0.2, -0.15) is 0 Å². The highest BCUT2D eigenvalue weighted by Crippen LogP contribution is 2.21. The second-order valence-electron chi connectivity index (χ2n) is 3.52. The molecular weight excluding hydrogens is 244 g/mol. The monoisotopic (exact) mass is 261 g/mol. The Morgan fingerprint density at radius 1 is 1.29 bits per heavy atom. The van der Waals surface area contributed by atoms with E-state index in [1.165, 1.54) is 17.8 Å². The molecule has 17 heavy (non-hydrogen) atoms. The molecule has 0 radical (unpaired) electrons. The number of halogens is 2. The molecule has 0 saturated heterocycles. The van der Waals surface area contributed by atoms with E-state index >= 15 is 0 Å². The van der Waals surface area contributed by atoms with Gasteiger partial charge in [-0.3, -0.25) is 0 Å². The van der Waals surface area contributed by atoms with Gasteiger partial charge < -0.3 is 10.1 Å². The molecule has 0 atom stereocenters. The smallest absolute Gasteiger partial charge is 0.136 e. The van der Waals surface area contributed by atoms with E-state index in [9.17, 15) is 8.78 Å². The molecule has 5 heteroatoms. The van der Waals surface area contributed by atoms with Gasteiger partial charge in [-0.25, -0.2) is 8.78 Å². The molecule has 1 aromatic rings. The van der Waals surface area contributed by atoms with Gasteiger partial charge >= 0.3 is 0 Å². The number of hydrogen-bond donors (Lipinski definition) is 1. The summed E-state index contributed by atoms with van der Waals surface area (Å²) < 4.78 is 31.0. The van der Waals surface area contributed by atoms with Crippen LogP contribution in [0, 0.1) is 11.6 Å². The largest absolute Gasteiger partial charge is 0.385 e. The topological polar surface area (TPSA) is 21.3 Å². The standard InChI is InChI=1S/C12H17F2NOS/c1-16-7-2-5-15-6-8-17-12-9-10(13)3-4-11(12)14/h3-4,9,15H,2,5-8H2,1H3. The average molecular weight is 261 g/mol. The summed E-state index contributed by atoms with van der Waals surface area (Å²) >= 11 is 1.32. The molecule has 0 fully saturated rings. The van der Waals surface area contributed by atoms with Gasteiger partial charge in [0.15, 0.2) is 0 Å². The van der Waals surface area contributed by atoms with Crippen LogP contribution >= 0.6 is 11.8 Å². The molecule has 0 spiro atoms. The van der Waals surface area contributed by atoms with E-state index < -0.39 is 5.82 Å². The zero-order valence-corrected chi connectivity index (χ0v) is 10.7. The summed E-state index contributed by atoms with van der Waals surface area (Å²) in [4.78, 5) is 0.365. The van der Waals surface area contributed by atoms with Crippen molar-refractivity contribution in [3.63, 3.8) is 0 Å². The summed E-state index contributed by atoms with van der Waals surface area (Å²) in [6.07, 6.45) is 0.954. The second-order valence-corrected chi connectivity index (χ2v) is 4.66. The number of hydrogen-bond acceptors (Lipinski definition) is 3. The highest BCUT2D eigenvalue weighted by Gasteiger charge is 2.03. The molecule has 96 valence electrons. The van der Waals surface area contributed by atoms with E-state index in [0.29, 0.717) is 10.6 Å². The van der Waals surface area contributed by atoms with Crippen LogP contribution in [0.4, 0.5) is 8.78 Å². The minimum atomic E-state index is -0.401. The first-order valence-electron chi connectivity index (χ1n) is 5.51. The zero-order valence-electron chi connectivity index (χ0n) is 9.84. The third kappa shape index (κ3) is 6.00. The van der Waals surface area contributed by atoms with Gasteiger partial charge in [-0.15, -0.1) is 11.8 Å². The molecule has 0 saturated carbocycles. The van der Waals surface area contributed by atoms with Gasteiger partial charge in [0.1, 0.15) is 11.6 Å². The number of methoxy groups -OCH3 is 1. The number of nitrogens with one attached hydrogen (secondary N) is 1. The maximum Gasteiger partial charge on any atom is 0.136 e. The molecule has 0 aromatic heterocycles. The van der Waals surface area contributed by atoms with Crippen LogP contribution in [0.25, 0.3) is 0 Å². The Hall–Kier alpha value is -0.650. The van der Waals surface area contributed by atoms with Gasteiger partial charge in [0, 0.05) is 30.9 Å². The first-order valence-corrected chi connectivity index (χ1v) is 6.50. The predicted octanol–water partition coefficient (Wildman–Crippen LogP) is 2.68. The van der Waals surface area contributed by atoms with Gasteiger partial charge in [0.25, 0.3) is 0 Å². The zero-order chi connectivity index (χ0) is 12.5. The van der Waals surface area contributed by atoms with Crippen molar-refractivity contribution in [1.82, 2.24) is 5.32 Å². The molecule has 0 unspecified atom stereocenters. The fourth-order valence-electron chi connectivity index (χ4n) is 1.29. The van der Waals surface area contributed by atoms with Gasteiger partial charge in [0.2, 0.25) is 0 Å². The number of rotatable bonds is 8. The fourth-order valence-corrected chi connectivity index (χ4v) is 2.16. The normalized spacial score (nSPS) is 10.8. The Balaban J connectivity index is 2.15. The lowest BCUT2D eigenvalue weighted by molar-refractivity contribution is 0.194. The van der Waals surface area contributed by atoms with Crippen molar-refractivity contribution in [1.29, 1.82) is 0 Å². The quantitative estimate of drug-likeness (QED) is 0.574. The van der Waals surface area contributed by atoms with Crippen LogP contribution in [0.15, 0.2) is 23.1 Å². The summed E-state index contributed by atoms with van der Waals surface area (Å²) in [5.74, 6) is -0.0504. The highest BCUT2D eigenvalue weighted by molar-refractivity contribution is 7.99. The van der Waals surface area contributed by atoms with Crippen molar-refractivity contribution in [3.05, 3.63) is 29.8 Å². The Labute approximate surface area is 105 Å². The molecular formula is C12H17F2NOS. The summed E-state index contributed by atoms with van der Waals surface area (Å²) in [5.41, 5.74) is 0. The molecule has 2 nitrogen and oxygen atoms in total. The summed E-state index contributed by atoms with van der Waals surface area (Å²) in [5, 5.41) is 3.21. The minimum absolute atomic E-state index is 0.365. The van der Waals surface area contributed by atoms with Crippen molar-refractivity contribution in [2.24, 2.45) is 0 Å². The van der Waals surface area contributed by atoms with Crippen molar-refractivity contribution < 1.29 is 13.5 Å². The van der Waals surface area contributed by atoms with Gasteiger partial charge in [-0.05, 0) is 31.2 Å². The van der Waals surface area contributed by atoms with Crippen LogP contribution in [0.2, 0.25) is 0 Å². The molecule has 0 amide bonds. The summed E-state index contributed by atoms with van der Waals surface area (Å²) in [6, 6.07) is 3.51. The highest BCUT2D eigenvalue weighted by atomic mass is 32.2. The van der Waals surface area contributed by atoms with E-state index in [-0.39, 0.29) is 5.82 Å². The lowest BCUT2D eigenvalue weighted by Gasteiger charge is -2.05. The minimum Gasteiger partial charge on any atom is -0.385 e. The Kier molecular flexibility index (Phi) is 7.16. The van der Waals surface area contributed by atoms with Crippen molar-refractivity contribution in [3.8, 4) is 0 Å². The van der Waals surface area contributed by atoms with Crippen LogP contribution in [0.1, 0.15) is 6.42 Å². The first kappa shape index (κ1) is 14.4. The van der Waals surface area contributed by atoms with Crippen LogP contribution < -0.4 is 5.32 Å². The molecule has 0 aliphatic heterocycles. The van der Waals surface area contributed by atoms with Crippen molar-refractivity contribution in [2.45, 2.75) is 11.3 Å². The molecule has 0 aliphatic rings. The number of benzene rings is 1. The van der Waals surface area contributed by atoms with Gasteiger partial charge in [0.05, 0.1) is 0 Å². The van der Waals surface area contributed by atoms with Crippen LogP contribution in [0.5, 0.6) is 0 Å². The molecule has 1 aromatic carbocycles. The van der Waals surface area contributed by atoms with Crippen molar-refractivity contribution in [2.75, 3.05) is 32.6 Å². The van der Waals surface area contributed by atoms with E-state index in [2.05, 4.69) is 5.32 Å². The molecule has 1 rings (SSSR count). The molecule has 0 heterocycles. The van der Waals surface area contributed by atoms with Gasteiger partial charge in [-0.1, -0.05) is 0 Å². The van der Waals surface area contributed by atoms with Crippen molar-refractivity contribution >= 4 is 11.8 Å². The Morgan fingerprint density at radius 2 is 2.12 bits per heavy atom. The van der Waals surface area contributed by atoms with Crippen LogP contribution in [0.3, 0.4) is 0 Å². The fraction of sp³-hybridized carbons (Fsp3) is 0.500. The summed E-state index contributed by atoms with van der Waals surface area (Å²) in [6.45, 7) is 2.38. The maximum absolute atomic E-state index is 13.2. The van der Waals surface area contributed by atoms with E-state index in [1.54, 1.807) is 7.11 Å². The second kappa shape index (κ2) is 8.44. The SMILES string of the molecule is COCCCNCCSc1cc(F)ccc1F. The summed E-state index contributed by atoms with van der Waals surface area (Å²) in [7, 11) is 1.67. The molecule has 0 bridgehead atoms. The predicted molar refractivity (Wildman–Crippen MR) is 66.4 cm³/mol. The number of ether oxygens (including phenoxy) is 1. The first-order chi connectivity index (χ1) is 8.24. The van der Waals surface area contributed by atoms with E-state index in [4.69, 9.17) is 4.74 Å². The maximum atomic E-state index is 13.2. The van der Waals surface area contributed by atoms with Crippen LogP contribution in [-0.4, -0.2) is 32.6 Å². The Bertz CT molecular complexity index is 336. The lowest BCUT2D eigenvalue weighted by atomic mass is 10.3. The average Bonchev–Trinajstić information content (AvgIpc) is 2.32. The number of thioether (sulfide) groups is 1. The lowest BCUT2D eigenvalue weighted by Crippen LogP contribution is -2.19. The molecule has 1 N–H and O–H groups in total. The van der Waals surface area contributed by atoms with Crippen LogP contribution in [-0.2, 0) is 4.74 Å². The van der Waals surface area contributed by atoms with E-state index in [1.807, 2.05) is 0 Å². The van der Waals surface area contributed by atoms with E-state index in [0.717, 1.165) is 38.2 Å². The third-order valence-corrected chi connectivity index (χ3v) is 3.16. The molecule has 0 aliphatic carbocycles.